The molecule has 37 heavy (non-hydrogen) atoms. The molecular formula is C26H29ClFN7O2. The molecule has 194 valence electrons. The fourth-order valence-corrected chi connectivity index (χ4v) is 4.54. The van der Waals surface area contributed by atoms with Crippen molar-refractivity contribution < 1.29 is 13.9 Å². The van der Waals surface area contributed by atoms with E-state index < -0.39 is 5.82 Å². The Morgan fingerprint density at radius 3 is 2.86 bits per heavy atom. The van der Waals surface area contributed by atoms with E-state index in [-0.39, 0.29) is 11.5 Å². The highest BCUT2D eigenvalue weighted by atomic mass is 35.5. The number of hydrogen-bond donors (Lipinski definition) is 3. The minimum atomic E-state index is -0.441. The zero-order chi connectivity index (χ0) is 25.8. The molecule has 3 N–H and O–H groups in total. The highest BCUT2D eigenvalue weighted by Gasteiger charge is 2.22. The summed E-state index contributed by atoms with van der Waals surface area (Å²) in [6.07, 6.45) is 3.13. The quantitative estimate of drug-likeness (QED) is 0.432. The first-order valence-electron chi connectivity index (χ1n) is 12.3. The summed E-state index contributed by atoms with van der Waals surface area (Å²) in [5.74, 6) is 0.310. The van der Waals surface area contributed by atoms with E-state index in [1.54, 1.807) is 18.3 Å². The summed E-state index contributed by atoms with van der Waals surface area (Å²) in [5, 5.41) is 9.90. The van der Waals surface area contributed by atoms with Crippen LogP contribution in [0, 0.1) is 5.82 Å². The molecule has 0 saturated carbocycles. The lowest BCUT2D eigenvalue weighted by Gasteiger charge is -2.32. The number of anilines is 3. The average Bonchev–Trinajstić information content (AvgIpc) is 2.91. The second-order valence-corrected chi connectivity index (χ2v) is 9.52. The van der Waals surface area contributed by atoms with Gasteiger partial charge in [0.1, 0.15) is 12.4 Å². The molecule has 0 atom stereocenters. The van der Waals surface area contributed by atoms with Crippen molar-refractivity contribution in [1.82, 2.24) is 25.1 Å². The normalized spacial score (nSPS) is 15.9. The molecular weight excluding hydrogens is 497 g/mol. The number of piperazine rings is 1. The molecule has 0 unspecified atom stereocenters. The lowest BCUT2D eigenvalue weighted by molar-refractivity contribution is 0.0941. The van der Waals surface area contributed by atoms with Crippen LogP contribution in [0.5, 0.6) is 5.75 Å². The van der Waals surface area contributed by atoms with E-state index in [1.807, 2.05) is 0 Å². The smallest absolute Gasteiger partial charge is 0.255 e. The molecule has 9 nitrogen and oxygen atoms in total. The van der Waals surface area contributed by atoms with Crippen LogP contribution in [0.25, 0.3) is 11.3 Å². The summed E-state index contributed by atoms with van der Waals surface area (Å²) in [4.78, 5) is 26.4. The molecule has 1 saturated heterocycles. The van der Waals surface area contributed by atoms with Crippen molar-refractivity contribution in [2.75, 3.05) is 70.1 Å². The number of ether oxygens (including phenoxy) is 1. The second kappa shape index (κ2) is 11.3. The number of halogens is 2. The molecule has 2 aliphatic rings. The van der Waals surface area contributed by atoms with Gasteiger partial charge in [-0.25, -0.2) is 9.37 Å². The number of carbonyl (C=O) groups excluding carboxylic acids is 1. The molecule has 1 fully saturated rings. The number of fused-ring (bicyclic) bond motifs is 1. The molecule has 2 aromatic heterocycles. The van der Waals surface area contributed by atoms with E-state index in [0.29, 0.717) is 58.9 Å². The number of aromatic nitrogens is 2. The summed E-state index contributed by atoms with van der Waals surface area (Å²) in [5.41, 5.74) is 2.14. The molecule has 11 heteroatoms. The Morgan fingerprint density at radius 2 is 2.03 bits per heavy atom. The molecule has 0 spiro atoms. The first kappa shape index (κ1) is 25.2. The molecule has 4 heterocycles. The third-order valence-corrected chi connectivity index (χ3v) is 6.70. The minimum absolute atomic E-state index is 0.229. The molecule has 0 aliphatic carbocycles. The lowest BCUT2D eigenvalue weighted by Crippen LogP contribution is -2.46. The lowest BCUT2D eigenvalue weighted by atomic mass is 10.1. The molecule has 3 aromatic rings. The van der Waals surface area contributed by atoms with Crippen molar-refractivity contribution in [3.8, 4) is 17.0 Å². The van der Waals surface area contributed by atoms with Gasteiger partial charge in [-0.15, -0.1) is 0 Å². The number of nitrogens with zero attached hydrogens (tertiary/aromatic N) is 4. The molecule has 2 aliphatic heterocycles. The Labute approximate surface area is 220 Å². The number of hydrogen-bond acceptors (Lipinski definition) is 8. The molecule has 1 amide bonds. The van der Waals surface area contributed by atoms with Crippen molar-refractivity contribution in [1.29, 1.82) is 0 Å². The van der Waals surface area contributed by atoms with Crippen LogP contribution in [0.15, 0.2) is 42.7 Å². The van der Waals surface area contributed by atoms with Crippen molar-refractivity contribution in [3.05, 3.63) is 59.1 Å². The van der Waals surface area contributed by atoms with Crippen LogP contribution in [0.2, 0.25) is 5.02 Å². The maximum absolute atomic E-state index is 14.7. The van der Waals surface area contributed by atoms with Gasteiger partial charge >= 0.3 is 0 Å². The second-order valence-electron chi connectivity index (χ2n) is 9.08. The zero-order valence-corrected chi connectivity index (χ0v) is 21.3. The number of pyridine rings is 2. The standard InChI is InChI=1S/C26H29ClFN7O2/c1-34-9-11-35(12-10-34)8-6-31-26(36)19-16-29-5-4-21(19)32-23-15-22(18-14-17(27)2-3-20(18)28)33-25-24(23)37-13-7-30-25/h2-5,14-16H,6-13H2,1H3,(H,31,36)(H2,29,30,32,33). The number of nitrogens with one attached hydrogen (secondary N) is 3. The van der Waals surface area contributed by atoms with E-state index >= 15 is 0 Å². The maximum atomic E-state index is 14.7. The van der Waals surface area contributed by atoms with Gasteiger partial charge in [0.25, 0.3) is 5.91 Å². The fourth-order valence-electron chi connectivity index (χ4n) is 4.37. The summed E-state index contributed by atoms with van der Waals surface area (Å²) >= 11 is 6.13. The van der Waals surface area contributed by atoms with Gasteiger partial charge in [0.05, 0.1) is 29.2 Å². The highest BCUT2D eigenvalue weighted by molar-refractivity contribution is 6.30. The van der Waals surface area contributed by atoms with E-state index in [1.165, 1.54) is 24.4 Å². The van der Waals surface area contributed by atoms with Crippen LogP contribution >= 0.6 is 11.6 Å². The number of likely N-dealkylation sites (N-methyl/N-ethyl adjacent to an activating group) is 1. The van der Waals surface area contributed by atoms with Crippen molar-refractivity contribution in [2.45, 2.75) is 0 Å². The van der Waals surface area contributed by atoms with Crippen LogP contribution in [-0.2, 0) is 0 Å². The maximum Gasteiger partial charge on any atom is 0.255 e. The van der Waals surface area contributed by atoms with Gasteiger partial charge in [0.2, 0.25) is 0 Å². The molecule has 5 rings (SSSR count). The third kappa shape index (κ3) is 5.93. The number of carbonyl (C=O) groups is 1. The molecule has 0 bridgehead atoms. The highest BCUT2D eigenvalue weighted by Crippen LogP contribution is 2.40. The fraction of sp³-hybridized carbons (Fsp3) is 0.346. The molecule has 1 aromatic carbocycles. The first-order valence-corrected chi connectivity index (χ1v) is 12.6. The van der Waals surface area contributed by atoms with Gasteiger partial charge in [-0.1, -0.05) is 11.6 Å². The summed E-state index contributed by atoms with van der Waals surface area (Å²) in [7, 11) is 2.12. The number of amides is 1. The van der Waals surface area contributed by atoms with Crippen LogP contribution in [0.4, 0.5) is 21.6 Å². The molecule has 0 radical (unpaired) electrons. The average molecular weight is 526 g/mol. The monoisotopic (exact) mass is 525 g/mol. The van der Waals surface area contributed by atoms with E-state index in [0.717, 1.165) is 32.7 Å². The largest absolute Gasteiger partial charge is 0.486 e. The number of benzene rings is 1. The Bertz CT molecular complexity index is 1280. The summed E-state index contributed by atoms with van der Waals surface area (Å²) < 4.78 is 20.5. The van der Waals surface area contributed by atoms with E-state index in [9.17, 15) is 9.18 Å². The van der Waals surface area contributed by atoms with Crippen LogP contribution in [0.3, 0.4) is 0 Å². The van der Waals surface area contributed by atoms with Crippen molar-refractivity contribution in [2.24, 2.45) is 0 Å². The van der Waals surface area contributed by atoms with Gasteiger partial charge in [-0.2, -0.15) is 0 Å². The topological polar surface area (TPSA) is 94.7 Å². The van der Waals surface area contributed by atoms with E-state index in [2.05, 4.69) is 42.8 Å². The Morgan fingerprint density at radius 1 is 1.19 bits per heavy atom. The summed E-state index contributed by atoms with van der Waals surface area (Å²) in [6.45, 7) is 6.37. The predicted octanol–water partition coefficient (Wildman–Crippen LogP) is 3.46. The van der Waals surface area contributed by atoms with Gasteiger partial charge in [-0.05, 0) is 37.4 Å². The van der Waals surface area contributed by atoms with Crippen molar-refractivity contribution >= 4 is 34.7 Å². The van der Waals surface area contributed by atoms with Crippen molar-refractivity contribution in [3.63, 3.8) is 0 Å². The van der Waals surface area contributed by atoms with Crippen LogP contribution in [0.1, 0.15) is 10.4 Å². The number of rotatable bonds is 7. The summed E-state index contributed by atoms with van der Waals surface area (Å²) in [6, 6.07) is 7.74. The van der Waals surface area contributed by atoms with Gasteiger partial charge in [-0.3, -0.25) is 14.7 Å². The van der Waals surface area contributed by atoms with Crippen LogP contribution in [-0.4, -0.2) is 85.1 Å². The first-order chi connectivity index (χ1) is 18.0. The van der Waals surface area contributed by atoms with Gasteiger partial charge in [0.15, 0.2) is 11.6 Å². The van der Waals surface area contributed by atoms with Gasteiger partial charge in [0, 0.05) is 62.2 Å². The third-order valence-electron chi connectivity index (χ3n) is 6.46. The minimum Gasteiger partial charge on any atom is -0.486 e. The predicted molar refractivity (Wildman–Crippen MR) is 142 cm³/mol. The Kier molecular flexibility index (Phi) is 7.68. The SMILES string of the molecule is CN1CCN(CCNC(=O)c2cnccc2Nc2cc(-c3cc(Cl)ccc3F)nc3c2OCCN3)CC1. The Balaban J connectivity index is 1.37. The van der Waals surface area contributed by atoms with Gasteiger partial charge < -0.3 is 25.6 Å². The zero-order valence-electron chi connectivity index (χ0n) is 20.6. The van der Waals surface area contributed by atoms with E-state index in [4.69, 9.17) is 16.3 Å². The Hall–Kier alpha value is -3.47. The van der Waals surface area contributed by atoms with Crippen LogP contribution < -0.4 is 20.7 Å².